The number of piperidine rings is 1. The fraction of sp³-hybridized carbons (Fsp3) is 0.500. The average molecular weight is 449 g/mol. The predicted octanol–water partition coefficient (Wildman–Crippen LogP) is 1.66. The van der Waals surface area contributed by atoms with E-state index in [0.29, 0.717) is 43.9 Å². The number of amides is 1. The molecule has 170 valence electrons. The highest BCUT2D eigenvalue weighted by Crippen LogP contribution is 2.21. The monoisotopic (exact) mass is 448 g/mol. The molecule has 3 rings (SSSR count). The number of benzene rings is 1. The van der Waals surface area contributed by atoms with Crippen LogP contribution in [-0.4, -0.2) is 54.6 Å². The summed E-state index contributed by atoms with van der Waals surface area (Å²) in [6.07, 6.45) is 3.51. The zero-order chi connectivity index (χ0) is 22.6. The lowest BCUT2D eigenvalue weighted by molar-refractivity contribution is -0.134. The van der Waals surface area contributed by atoms with E-state index in [1.807, 2.05) is 25.3 Å². The number of aliphatic hydroxyl groups excluding tert-OH is 1. The summed E-state index contributed by atoms with van der Waals surface area (Å²) in [5.41, 5.74) is 7.40. The van der Waals surface area contributed by atoms with Crippen molar-refractivity contribution in [3.05, 3.63) is 47.7 Å². The van der Waals surface area contributed by atoms with Gasteiger partial charge in [-0.15, -0.1) is 0 Å². The summed E-state index contributed by atoms with van der Waals surface area (Å²) in [7, 11) is -3.89. The molecule has 9 heteroatoms. The highest BCUT2D eigenvalue weighted by molar-refractivity contribution is 7.89. The molecule has 1 unspecified atom stereocenters. The van der Waals surface area contributed by atoms with Crippen LogP contribution in [0.1, 0.15) is 30.4 Å². The van der Waals surface area contributed by atoms with Gasteiger partial charge in [0, 0.05) is 32.4 Å². The lowest BCUT2D eigenvalue weighted by atomic mass is 9.97. The lowest BCUT2D eigenvalue weighted by Gasteiger charge is -2.34. The number of nitrogens with zero attached hydrogens (tertiary/aromatic N) is 2. The highest BCUT2D eigenvalue weighted by atomic mass is 32.2. The van der Waals surface area contributed by atoms with Gasteiger partial charge in [-0.05, 0) is 68.4 Å². The topological polar surface area (TPSA) is 118 Å². The van der Waals surface area contributed by atoms with Gasteiger partial charge in [0.05, 0.1) is 4.90 Å². The molecule has 1 fully saturated rings. The number of nitrogens with one attached hydrogen (secondary N) is 1. The SMILES string of the molecule is Cc1ccc(C)c(S(=O)(=O)NC(CCn2cccc2N)C(=O)N2CCC(CO)CC2)c1. The molecule has 4 N–H and O–H groups in total. The Bertz CT molecular complexity index is 1010. The van der Waals surface area contributed by atoms with Gasteiger partial charge in [-0.3, -0.25) is 4.79 Å². The van der Waals surface area contributed by atoms with Crippen LogP contribution in [0, 0.1) is 19.8 Å². The van der Waals surface area contributed by atoms with Crippen LogP contribution in [0.5, 0.6) is 0 Å². The number of aryl methyl sites for hydroxylation is 3. The molecule has 1 saturated heterocycles. The summed E-state index contributed by atoms with van der Waals surface area (Å²) in [6.45, 7) is 5.12. The quantitative estimate of drug-likeness (QED) is 0.568. The lowest BCUT2D eigenvalue weighted by Crippen LogP contribution is -2.51. The van der Waals surface area contributed by atoms with Gasteiger partial charge in [-0.25, -0.2) is 8.42 Å². The van der Waals surface area contributed by atoms with E-state index in [2.05, 4.69) is 4.72 Å². The number of aliphatic hydroxyl groups is 1. The van der Waals surface area contributed by atoms with Crippen molar-refractivity contribution in [3.8, 4) is 0 Å². The van der Waals surface area contributed by atoms with Crippen LogP contribution in [0.3, 0.4) is 0 Å². The van der Waals surface area contributed by atoms with Crippen LogP contribution >= 0.6 is 0 Å². The number of sulfonamides is 1. The minimum Gasteiger partial charge on any atom is -0.396 e. The number of rotatable bonds is 8. The van der Waals surface area contributed by atoms with Crippen LogP contribution < -0.4 is 10.5 Å². The Morgan fingerprint density at radius 3 is 2.58 bits per heavy atom. The van der Waals surface area contributed by atoms with Crippen molar-refractivity contribution < 1.29 is 18.3 Å². The summed E-state index contributed by atoms with van der Waals surface area (Å²) < 4.78 is 30.8. The summed E-state index contributed by atoms with van der Waals surface area (Å²) in [5, 5.41) is 9.36. The second kappa shape index (κ2) is 9.84. The van der Waals surface area contributed by atoms with Gasteiger partial charge in [0.2, 0.25) is 15.9 Å². The Hall–Kier alpha value is -2.36. The molecule has 31 heavy (non-hydrogen) atoms. The van der Waals surface area contributed by atoms with Crippen molar-refractivity contribution in [1.82, 2.24) is 14.2 Å². The third kappa shape index (κ3) is 5.66. The molecule has 1 aliphatic rings. The molecule has 8 nitrogen and oxygen atoms in total. The van der Waals surface area contributed by atoms with E-state index >= 15 is 0 Å². The van der Waals surface area contributed by atoms with Crippen LogP contribution in [0.25, 0.3) is 0 Å². The number of carbonyl (C=O) groups excluding carboxylic acids is 1. The maximum absolute atomic E-state index is 13.3. The van der Waals surface area contributed by atoms with Gasteiger partial charge >= 0.3 is 0 Å². The van der Waals surface area contributed by atoms with Crippen molar-refractivity contribution in [3.63, 3.8) is 0 Å². The fourth-order valence-corrected chi connectivity index (χ4v) is 5.49. The first-order valence-electron chi connectivity index (χ1n) is 10.6. The van der Waals surface area contributed by atoms with E-state index in [0.717, 1.165) is 5.56 Å². The van der Waals surface area contributed by atoms with E-state index in [-0.39, 0.29) is 29.7 Å². The van der Waals surface area contributed by atoms with Crippen LogP contribution in [0.4, 0.5) is 5.82 Å². The number of carbonyl (C=O) groups is 1. The van der Waals surface area contributed by atoms with Crippen molar-refractivity contribution in [2.24, 2.45) is 5.92 Å². The predicted molar refractivity (Wildman–Crippen MR) is 120 cm³/mol. The first kappa shape index (κ1) is 23.3. The first-order chi connectivity index (χ1) is 14.7. The van der Waals surface area contributed by atoms with E-state index in [9.17, 15) is 18.3 Å². The van der Waals surface area contributed by atoms with Crippen molar-refractivity contribution >= 4 is 21.7 Å². The van der Waals surface area contributed by atoms with E-state index in [4.69, 9.17) is 5.73 Å². The van der Waals surface area contributed by atoms with Gasteiger partial charge in [-0.1, -0.05) is 12.1 Å². The molecule has 1 atom stereocenters. The van der Waals surface area contributed by atoms with Crippen LogP contribution in [0.15, 0.2) is 41.4 Å². The Balaban J connectivity index is 1.81. The Labute approximate surface area is 184 Å². The number of nitrogen functional groups attached to an aromatic ring is 1. The summed E-state index contributed by atoms with van der Waals surface area (Å²) >= 11 is 0. The first-order valence-corrected chi connectivity index (χ1v) is 12.1. The molecule has 0 saturated carbocycles. The standard InChI is InChI=1S/C22H32N4O4S/c1-16-5-6-17(2)20(14-16)31(29,30)24-19(9-13-25-10-3-4-21(25)23)22(28)26-11-7-18(15-27)8-12-26/h3-6,10,14,18-19,24,27H,7-9,11-13,15,23H2,1-2H3. The maximum atomic E-state index is 13.3. The van der Waals surface area contributed by atoms with Crippen molar-refractivity contribution in [1.29, 1.82) is 0 Å². The third-order valence-corrected chi connectivity index (χ3v) is 7.55. The van der Waals surface area contributed by atoms with Gasteiger partial charge < -0.3 is 20.3 Å². The number of hydrogen-bond acceptors (Lipinski definition) is 5. The summed E-state index contributed by atoms with van der Waals surface area (Å²) in [5.74, 6) is 0.511. The molecule has 0 bridgehead atoms. The number of nitrogens with two attached hydrogens (primary N) is 1. The van der Waals surface area contributed by atoms with Crippen molar-refractivity contribution in [2.45, 2.75) is 50.6 Å². The molecule has 0 radical (unpaired) electrons. The molecule has 1 aliphatic heterocycles. The molecule has 0 aliphatic carbocycles. The van der Waals surface area contributed by atoms with Gasteiger partial charge in [0.25, 0.3) is 0 Å². The summed E-state index contributed by atoms with van der Waals surface area (Å²) in [4.78, 5) is 15.2. The maximum Gasteiger partial charge on any atom is 0.241 e. The Morgan fingerprint density at radius 2 is 1.97 bits per heavy atom. The number of anilines is 1. The minimum atomic E-state index is -3.89. The summed E-state index contributed by atoms with van der Waals surface area (Å²) in [6, 6.07) is 7.91. The zero-order valence-electron chi connectivity index (χ0n) is 18.1. The molecule has 2 heterocycles. The Kier molecular flexibility index (Phi) is 7.40. The number of likely N-dealkylation sites (tertiary alicyclic amines) is 1. The van der Waals surface area contributed by atoms with Crippen molar-refractivity contribution in [2.75, 3.05) is 25.4 Å². The van der Waals surface area contributed by atoms with Crippen LogP contribution in [-0.2, 0) is 21.4 Å². The van der Waals surface area contributed by atoms with Gasteiger partial charge in [0.1, 0.15) is 11.9 Å². The molecular weight excluding hydrogens is 416 g/mol. The van der Waals surface area contributed by atoms with Crippen LogP contribution in [0.2, 0.25) is 0 Å². The second-order valence-electron chi connectivity index (χ2n) is 8.31. The molecular formula is C22H32N4O4S. The second-order valence-corrected chi connectivity index (χ2v) is 9.99. The third-order valence-electron chi connectivity index (χ3n) is 5.94. The van der Waals surface area contributed by atoms with Gasteiger partial charge in [0.15, 0.2) is 0 Å². The van der Waals surface area contributed by atoms with E-state index < -0.39 is 16.1 Å². The molecule has 0 spiro atoms. The smallest absolute Gasteiger partial charge is 0.241 e. The minimum absolute atomic E-state index is 0.109. The Morgan fingerprint density at radius 1 is 1.26 bits per heavy atom. The normalized spacial score (nSPS) is 16.4. The average Bonchev–Trinajstić information content (AvgIpc) is 3.17. The molecule has 1 aromatic heterocycles. The largest absolute Gasteiger partial charge is 0.396 e. The van der Waals surface area contributed by atoms with E-state index in [1.165, 1.54) is 0 Å². The fourth-order valence-electron chi connectivity index (χ4n) is 3.94. The molecule has 2 aromatic rings. The zero-order valence-corrected chi connectivity index (χ0v) is 18.9. The number of aromatic nitrogens is 1. The number of hydrogen-bond donors (Lipinski definition) is 3. The van der Waals surface area contributed by atoms with E-state index in [1.54, 1.807) is 34.6 Å². The highest BCUT2D eigenvalue weighted by Gasteiger charge is 2.32. The van der Waals surface area contributed by atoms with Gasteiger partial charge in [-0.2, -0.15) is 4.72 Å². The molecule has 1 aromatic carbocycles. The molecule has 1 amide bonds.